The second kappa shape index (κ2) is 7.39. The quantitative estimate of drug-likeness (QED) is 0.699. The minimum Gasteiger partial charge on any atom is -0.307 e. The molecule has 4 nitrogen and oxygen atoms in total. The number of aryl methyl sites for hydroxylation is 1. The molecule has 0 saturated carbocycles. The first-order valence-electron chi connectivity index (χ1n) is 7.07. The molecule has 1 N–H and O–H groups in total. The van der Waals surface area contributed by atoms with Gasteiger partial charge in [-0.05, 0) is 30.7 Å². The fourth-order valence-electron chi connectivity index (χ4n) is 2.03. The van der Waals surface area contributed by atoms with Crippen LogP contribution in [0.3, 0.4) is 0 Å². The molecule has 0 bridgehead atoms. The summed E-state index contributed by atoms with van der Waals surface area (Å²) in [5.41, 5.74) is 2.68. The number of hydrogen-bond acceptors (Lipinski definition) is 5. The van der Waals surface area contributed by atoms with E-state index >= 15 is 0 Å². The molecule has 0 atom stereocenters. The van der Waals surface area contributed by atoms with E-state index < -0.39 is 0 Å². The lowest BCUT2D eigenvalue weighted by atomic mass is 10.1. The van der Waals surface area contributed by atoms with Gasteiger partial charge in [0, 0.05) is 28.6 Å². The molecule has 0 aliphatic carbocycles. The molecule has 3 aromatic rings. The van der Waals surface area contributed by atoms with E-state index in [0.29, 0.717) is 17.1 Å². The molecule has 0 fully saturated rings. The van der Waals surface area contributed by atoms with Crippen LogP contribution in [0.25, 0.3) is 0 Å². The molecule has 23 heavy (non-hydrogen) atoms. The van der Waals surface area contributed by atoms with Crippen molar-refractivity contribution in [1.82, 2.24) is 9.97 Å². The lowest BCUT2D eigenvalue weighted by Gasteiger charge is -2.09. The van der Waals surface area contributed by atoms with Gasteiger partial charge >= 0.3 is 0 Å². The molecule has 6 heteroatoms. The van der Waals surface area contributed by atoms with Crippen LogP contribution in [0.5, 0.6) is 0 Å². The SMILES string of the molecule is Cc1csc(SCc2ccccc2C(=O)Nc2ccccn2)n1. The highest BCUT2D eigenvalue weighted by atomic mass is 32.2. The van der Waals surface area contributed by atoms with Gasteiger partial charge in [0.2, 0.25) is 0 Å². The number of amides is 1. The second-order valence-electron chi connectivity index (χ2n) is 4.87. The molecular weight excluding hydrogens is 326 g/mol. The zero-order valence-corrected chi connectivity index (χ0v) is 14.2. The molecule has 3 rings (SSSR count). The fraction of sp³-hybridized carbons (Fsp3) is 0.118. The maximum Gasteiger partial charge on any atom is 0.257 e. The Morgan fingerprint density at radius 2 is 2.04 bits per heavy atom. The lowest BCUT2D eigenvalue weighted by Crippen LogP contribution is -2.14. The minimum atomic E-state index is -0.143. The Bertz CT molecular complexity index is 802. The summed E-state index contributed by atoms with van der Waals surface area (Å²) in [4.78, 5) is 21.0. The first-order chi connectivity index (χ1) is 11.2. The van der Waals surface area contributed by atoms with Gasteiger partial charge in [-0.1, -0.05) is 36.0 Å². The van der Waals surface area contributed by atoms with Gasteiger partial charge in [-0.2, -0.15) is 0 Å². The van der Waals surface area contributed by atoms with Gasteiger partial charge in [-0.25, -0.2) is 9.97 Å². The summed E-state index contributed by atoms with van der Waals surface area (Å²) in [6.07, 6.45) is 1.65. The minimum absolute atomic E-state index is 0.143. The molecule has 0 saturated heterocycles. The average Bonchev–Trinajstić information content (AvgIpc) is 2.99. The molecule has 116 valence electrons. The van der Waals surface area contributed by atoms with Crippen molar-refractivity contribution in [2.45, 2.75) is 17.0 Å². The highest BCUT2D eigenvalue weighted by molar-refractivity contribution is 8.00. The molecule has 0 aliphatic heterocycles. The Morgan fingerprint density at radius 3 is 2.78 bits per heavy atom. The number of carbonyl (C=O) groups is 1. The molecule has 0 radical (unpaired) electrons. The number of thiazole rings is 1. The van der Waals surface area contributed by atoms with Crippen molar-refractivity contribution < 1.29 is 4.79 Å². The zero-order valence-electron chi connectivity index (χ0n) is 12.5. The van der Waals surface area contributed by atoms with E-state index in [0.717, 1.165) is 15.6 Å². The van der Waals surface area contributed by atoms with Crippen LogP contribution in [0.15, 0.2) is 58.4 Å². The van der Waals surface area contributed by atoms with Crippen molar-refractivity contribution in [3.63, 3.8) is 0 Å². The third-order valence-electron chi connectivity index (χ3n) is 3.12. The molecule has 0 unspecified atom stereocenters. The van der Waals surface area contributed by atoms with E-state index in [2.05, 4.69) is 15.3 Å². The van der Waals surface area contributed by atoms with Crippen LogP contribution in [-0.4, -0.2) is 15.9 Å². The first-order valence-corrected chi connectivity index (χ1v) is 8.94. The van der Waals surface area contributed by atoms with E-state index in [1.54, 1.807) is 35.4 Å². The third kappa shape index (κ3) is 4.18. The van der Waals surface area contributed by atoms with Crippen LogP contribution >= 0.6 is 23.1 Å². The van der Waals surface area contributed by atoms with Crippen molar-refractivity contribution in [3.8, 4) is 0 Å². The number of nitrogens with zero attached hydrogens (tertiary/aromatic N) is 2. The maximum absolute atomic E-state index is 12.5. The summed E-state index contributed by atoms with van der Waals surface area (Å²) in [6, 6.07) is 13.1. The van der Waals surface area contributed by atoms with E-state index in [1.165, 1.54) is 0 Å². The van der Waals surface area contributed by atoms with Gasteiger partial charge in [-0.3, -0.25) is 4.79 Å². The Kier molecular flexibility index (Phi) is 5.05. The smallest absolute Gasteiger partial charge is 0.257 e. The summed E-state index contributed by atoms with van der Waals surface area (Å²) in [7, 11) is 0. The van der Waals surface area contributed by atoms with E-state index in [9.17, 15) is 4.79 Å². The highest BCUT2D eigenvalue weighted by Gasteiger charge is 2.12. The predicted molar refractivity (Wildman–Crippen MR) is 95.0 cm³/mol. The average molecular weight is 341 g/mol. The molecular formula is C17H15N3OS2. The van der Waals surface area contributed by atoms with E-state index in [4.69, 9.17) is 0 Å². The molecule has 1 amide bonds. The van der Waals surface area contributed by atoms with Gasteiger partial charge in [0.25, 0.3) is 5.91 Å². The maximum atomic E-state index is 12.5. The highest BCUT2D eigenvalue weighted by Crippen LogP contribution is 2.27. The number of pyridine rings is 1. The standard InChI is InChI=1S/C17H15N3OS2/c1-12-10-22-17(19-12)23-11-13-6-2-3-7-14(13)16(21)20-15-8-4-5-9-18-15/h2-10H,11H2,1H3,(H,18,20,21). The van der Waals surface area contributed by atoms with Gasteiger partial charge in [0.1, 0.15) is 10.2 Å². The van der Waals surface area contributed by atoms with Crippen molar-refractivity contribution >= 4 is 34.8 Å². The number of benzene rings is 1. The Hall–Kier alpha value is -2.18. The summed E-state index contributed by atoms with van der Waals surface area (Å²) < 4.78 is 1.02. The van der Waals surface area contributed by atoms with E-state index in [1.807, 2.05) is 48.7 Å². The Labute approximate surface area is 143 Å². The normalized spacial score (nSPS) is 10.5. The summed E-state index contributed by atoms with van der Waals surface area (Å²) in [5, 5.41) is 4.86. The Balaban J connectivity index is 1.73. The fourth-order valence-corrected chi connectivity index (χ4v) is 3.88. The number of aromatic nitrogens is 2. The van der Waals surface area contributed by atoms with Crippen molar-refractivity contribution in [1.29, 1.82) is 0 Å². The number of anilines is 1. The number of rotatable bonds is 5. The van der Waals surface area contributed by atoms with Gasteiger partial charge in [0.05, 0.1) is 0 Å². The summed E-state index contributed by atoms with van der Waals surface area (Å²) >= 11 is 3.27. The van der Waals surface area contributed by atoms with Gasteiger partial charge < -0.3 is 5.32 Å². The number of hydrogen-bond donors (Lipinski definition) is 1. The topological polar surface area (TPSA) is 54.9 Å². The molecule has 2 heterocycles. The summed E-state index contributed by atoms with van der Waals surface area (Å²) in [6.45, 7) is 1.98. The van der Waals surface area contributed by atoms with Crippen LogP contribution in [0, 0.1) is 6.92 Å². The molecule has 0 aliphatic rings. The Morgan fingerprint density at radius 1 is 1.22 bits per heavy atom. The monoisotopic (exact) mass is 341 g/mol. The molecule has 0 spiro atoms. The molecule has 2 aromatic heterocycles. The van der Waals surface area contributed by atoms with Crippen LogP contribution in [0.4, 0.5) is 5.82 Å². The third-order valence-corrected chi connectivity index (χ3v) is 5.31. The largest absolute Gasteiger partial charge is 0.307 e. The van der Waals surface area contributed by atoms with Crippen molar-refractivity contribution in [2.24, 2.45) is 0 Å². The molecule has 1 aromatic carbocycles. The number of carbonyl (C=O) groups excluding carboxylic acids is 1. The van der Waals surface area contributed by atoms with Crippen molar-refractivity contribution in [3.05, 3.63) is 70.9 Å². The lowest BCUT2D eigenvalue weighted by molar-refractivity contribution is 0.102. The second-order valence-corrected chi connectivity index (χ2v) is 6.95. The van der Waals surface area contributed by atoms with E-state index in [-0.39, 0.29) is 5.91 Å². The first kappa shape index (κ1) is 15.7. The van der Waals surface area contributed by atoms with Crippen LogP contribution in [0.2, 0.25) is 0 Å². The number of thioether (sulfide) groups is 1. The van der Waals surface area contributed by atoms with Gasteiger partial charge in [-0.15, -0.1) is 11.3 Å². The number of nitrogens with one attached hydrogen (secondary N) is 1. The zero-order chi connectivity index (χ0) is 16.1. The summed E-state index contributed by atoms with van der Waals surface area (Å²) in [5.74, 6) is 1.12. The van der Waals surface area contributed by atoms with Crippen LogP contribution < -0.4 is 5.32 Å². The van der Waals surface area contributed by atoms with Crippen molar-refractivity contribution in [2.75, 3.05) is 5.32 Å². The van der Waals surface area contributed by atoms with Crippen LogP contribution in [0.1, 0.15) is 21.6 Å². The van der Waals surface area contributed by atoms with Gasteiger partial charge in [0.15, 0.2) is 0 Å². The van der Waals surface area contributed by atoms with Crippen LogP contribution in [-0.2, 0) is 5.75 Å². The predicted octanol–water partition coefficient (Wildman–Crippen LogP) is 4.39.